The molecule has 0 N–H and O–H groups in total. The van der Waals surface area contributed by atoms with Crippen molar-refractivity contribution in [1.82, 2.24) is 4.98 Å². The molecule has 0 aromatic carbocycles. The van der Waals surface area contributed by atoms with Gasteiger partial charge in [-0.3, -0.25) is 9.78 Å². The first kappa shape index (κ1) is 10.9. The molecule has 0 saturated carbocycles. The molecule has 0 unspecified atom stereocenters. The molecule has 3 heteroatoms. The van der Waals surface area contributed by atoms with Gasteiger partial charge in [-0.2, -0.15) is 0 Å². The van der Waals surface area contributed by atoms with Crippen LogP contribution in [-0.4, -0.2) is 18.4 Å². The van der Waals surface area contributed by atoms with E-state index in [0.717, 1.165) is 11.8 Å². The molecule has 0 aliphatic heterocycles. The van der Waals surface area contributed by atoms with Gasteiger partial charge < -0.3 is 4.74 Å². The molecule has 0 amide bonds. The molecule has 0 aliphatic carbocycles. The number of aryl methyl sites for hydroxylation is 1. The third-order valence-electron chi connectivity index (χ3n) is 2.41. The van der Waals surface area contributed by atoms with Crippen molar-refractivity contribution in [3.8, 4) is 0 Å². The van der Waals surface area contributed by atoms with E-state index in [1.807, 2.05) is 26.8 Å². The van der Waals surface area contributed by atoms with Gasteiger partial charge in [0, 0.05) is 18.9 Å². The van der Waals surface area contributed by atoms with Gasteiger partial charge in [0.25, 0.3) is 0 Å². The molecule has 0 saturated heterocycles. The lowest BCUT2D eigenvalue weighted by molar-refractivity contribution is 0.0149. The fourth-order valence-corrected chi connectivity index (χ4v) is 1.29. The van der Waals surface area contributed by atoms with Gasteiger partial charge in [-0.25, -0.2) is 0 Å². The highest BCUT2D eigenvalue weighted by Crippen LogP contribution is 2.25. The van der Waals surface area contributed by atoms with Crippen molar-refractivity contribution in [3.63, 3.8) is 0 Å². The van der Waals surface area contributed by atoms with E-state index < -0.39 is 5.60 Å². The van der Waals surface area contributed by atoms with E-state index in [0.29, 0.717) is 11.3 Å². The summed E-state index contributed by atoms with van der Waals surface area (Å²) in [5, 5.41) is 0. The van der Waals surface area contributed by atoms with Gasteiger partial charge >= 0.3 is 0 Å². The number of aromatic nitrogens is 1. The summed E-state index contributed by atoms with van der Waals surface area (Å²) in [4.78, 5) is 15.1. The Morgan fingerprint density at radius 1 is 1.50 bits per heavy atom. The Bertz CT molecular complexity index is 345. The highest BCUT2D eigenvalue weighted by atomic mass is 16.5. The number of nitrogens with zero attached hydrogens (tertiary/aromatic N) is 1. The second-order valence-corrected chi connectivity index (χ2v) is 3.72. The van der Waals surface area contributed by atoms with Gasteiger partial charge in [0.2, 0.25) is 0 Å². The number of carbonyl (C=O) groups excluding carboxylic acids is 1. The van der Waals surface area contributed by atoms with E-state index in [2.05, 4.69) is 4.98 Å². The van der Waals surface area contributed by atoms with Crippen molar-refractivity contribution in [3.05, 3.63) is 29.1 Å². The maximum atomic E-state index is 10.9. The predicted molar refractivity (Wildman–Crippen MR) is 54.4 cm³/mol. The Kier molecular flexibility index (Phi) is 3.01. The lowest BCUT2D eigenvalue weighted by Gasteiger charge is -2.24. The maximum Gasteiger partial charge on any atom is 0.152 e. The number of methoxy groups -OCH3 is 1. The molecule has 0 bridgehead atoms. The van der Waals surface area contributed by atoms with Crippen LogP contribution in [0.5, 0.6) is 0 Å². The number of ether oxygens (including phenoxy) is 1. The number of hydrogen-bond acceptors (Lipinski definition) is 3. The highest BCUT2D eigenvalue weighted by molar-refractivity contribution is 5.79. The highest BCUT2D eigenvalue weighted by Gasteiger charge is 2.25. The van der Waals surface area contributed by atoms with Crippen LogP contribution in [0.4, 0.5) is 0 Å². The van der Waals surface area contributed by atoms with Crippen LogP contribution in [0.2, 0.25) is 0 Å². The minimum atomic E-state index is -0.526. The van der Waals surface area contributed by atoms with E-state index >= 15 is 0 Å². The number of aldehydes is 1. The van der Waals surface area contributed by atoms with Crippen LogP contribution in [-0.2, 0) is 10.3 Å². The van der Waals surface area contributed by atoms with Crippen molar-refractivity contribution in [2.45, 2.75) is 26.4 Å². The quantitative estimate of drug-likeness (QED) is 0.690. The summed E-state index contributed by atoms with van der Waals surface area (Å²) >= 11 is 0. The van der Waals surface area contributed by atoms with Crippen molar-refractivity contribution >= 4 is 6.29 Å². The number of carbonyl (C=O) groups is 1. The summed E-state index contributed by atoms with van der Waals surface area (Å²) in [7, 11) is 1.61. The third-order valence-corrected chi connectivity index (χ3v) is 2.41. The van der Waals surface area contributed by atoms with Crippen LogP contribution < -0.4 is 0 Å². The Balaban J connectivity index is 3.34. The van der Waals surface area contributed by atoms with Crippen molar-refractivity contribution in [2.75, 3.05) is 7.11 Å². The smallest absolute Gasteiger partial charge is 0.152 e. The van der Waals surface area contributed by atoms with E-state index in [9.17, 15) is 4.79 Å². The summed E-state index contributed by atoms with van der Waals surface area (Å²) in [5.74, 6) is 0. The van der Waals surface area contributed by atoms with Crippen molar-refractivity contribution in [1.29, 1.82) is 0 Å². The van der Waals surface area contributed by atoms with Gasteiger partial charge in [-0.15, -0.1) is 0 Å². The van der Waals surface area contributed by atoms with E-state index in [1.54, 1.807) is 13.3 Å². The molecular weight excluding hydrogens is 178 g/mol. The topological polar surface area (TPSA) is 39.2 Å². The van der Waals surface area contributed by atoms with Crippen LogP contribution in [0.25, 0.3) is 0 Å². The molecule has 1 aromatic rings. The zero-order chi connectivity index (χ0) is 10.8. The molecule has 1 rings (SSSR count). The molecule has 0 atom stereocenters. The lowest BCUT2D eigenvalue weighted by atomic mass is 9.97. The monoisotopic (exact) mass is 193 g/mol. The van der Waals surface area contributed by atoms with E-state index in [4.69, 9.17) is 4.74 Å². The molecule has 0 fully saturated rings. The van der Waals surface area contributed by atoms with Crippen LogP contribution in [0.15, 0.2) is 12.3 Å². The SMILES string of the molecule is COC(C)(C)c1nccc(C)c1C=O. The lowest BCUT2D eigenvalue weighted by Crippen LogP contribution is -2.23. The Morgan fingerprint density at radius 3 is 2.64 bits per heavy atom. The summed E-state index contributed by atoms with van der Waals surface area (Å²) in [5.41, 5.74) is 1.71. The summed E-state index contributed by atoms with van der Waals surface area (Å²) in [6, 6.07) is 1.82. The van der Waals surface area contributed by atoms with E-state index in [1.165, 1.54) is 0 Å². The molecule has 3 nitrogen and oxygen atoms in total. The van der Waals surface area contributed by atoms with Crippen LogP contribution in [0.1, 0.15) is 35.5 Å². The normalized spacial score (nSPS) is 11.4. The zero-order valence-electron chi connectivity index (χ0n) is 9.00. The Hall–Kier alpha value is -1.22. The molecule has 76 valence electrons. The van der Waals surface area contributed by atoms with Gasteiger partial charge in [-0.05, 0) is 32.4 Å². The van der Waals surface area contributed by atoms with Crippen molar-refractivity contribution < 1.29 is 9.53 Å². The average Bonchev–Trinajstić information content (AvgIpc) is 2.17. The van der Waals surface area contributed by atoms with Crippen LogP contribution in [0.3, 0.4) is 0 Å². The van der Waals surface area contributed by atoms with Gasteiger partial charge in [0.15, 0.2) is 6.29 Å². The first-order valence-corrected chi connectivity index (χ1v) is 4.49. The number of hydrogen-bond donors (Lipinski definition) is 0. The zero-order valence-corrected chi connectivity index (χ0v) is 9.00. The molecular formula is C11H15NO2. The average molecular weight is 193 g/mol. The summed E-state index contributed by atoms with van der Waals surface area (Å²) in [6.07, 6.45) is 2.52. The molecule has 1 heterocycles. The third kappa shape index (κ3) is 1.82. The van der Waals surface area contributed by atoms with E-state index in [-0.39, 0.29) is 0 Å². The van der Waals surface area contributed by atoms with Gasteiger partial charge in [0.05, 0.1) is 5.69 Å². The maximum absolute atomic E-state index is 10.9. The first-order valence-electron chi connectivity index (χ1n) is 4.49. The summed E-state index contributed by atoms with van der Waals surface area (Å²) in [6.45, 7) is 5.67. The predicted octanol–water partition coefficient (Wildman–Crippen LogP) is 2.08. The van der Waals surface area contributed by atoms with Crippen molar-refractivity contribution in [2.24, 2.45) is 0 Å². The van der Waals surface area contributed by atoms with Gasteiger partial charge in [-0.1, -0.05) is 0 Å². The first-order chi connectivity index (χ1) is 6.53. The molecule has 0 spiro atoms. The second kappa shape index (κ2) is 3.88. The fourth-order valence-electron chi connectivity index (χ4n) is 1.29. The molecule has 1 aromatic heterocycles. The number of pyridine rings is 1. The standard InChI is InChI=1S/C11H15NO2/c1-8-5-6-12-10(9(8)7-13)11(2,3)14-4/h5-7H,1-4H3. The Morgan fingerprint density at radius 2 is 2.14 bits per heavy atom. The Labute approximate surface area is 84.1 Å². The number of rotatable bonds is 3. The van der Waals surface area contributed by atoms with Gasteiger partial charge in [0.1, 0.15) is 5.60 Å². The van der Waals surface area contributed by atoms with Crippen LogP contribution in [0, 0.1) is 6.92 Å². The second-order valence-electron chi connectivity index (χ2n) is 3.72. The molecule has 0 aliphatic rings. The molecule has 0 radical (unpaired) electrons. The van der Waals surface area contributed by atoms with Crippen LogP contribution >= 0.6 is 0 Å². The largest absolute Gasteiger partial charge is 0.372 e. The fraction of sp³-hybridized carbons (Fsp3) is 0.455. The minimum Gasteiger partial charge on any atom is -0.372 e. The molecule has 14 heavy (non-hydrogen) atoms. The summed E-state index contributed by atoms with van der Waals surface area (Å²) < 4.78 is 5.30. The minimum absolute atomic E-state index is 0.526.